The fourth-order valence-corrected chi connectivity index (χ4v) is 4.24. The monoisotopic (exact) mass is 457 g/mol. The summed E-state index contributed by atoms with van der Waals surface area (Å²) in [5.74, 6) is -0.874. The van der Waals surface area contributed by atoms with Gasteiger partial charge in [-0.3, -0.25) is 14.3 Å². The van der Waals surface area contributed by atoms with Gasteiger partial charge in [-0.15, -0.1) is 0 Å². The number of amides is 2. The van der Waals surface area contributed by atoms with E-state index in [-0.39, 0.29) is 27.9 Å². The molecule has 0 radical (unpaired) electrons. The van der Waals surface area contributed by atoms with Crippen LogP contribution in [0.2, 0.25) is 5.02 Å². The first-order valence-electron chi connectivity index (χ1n) is 9.25. The maximum absolute atomic E-state index is 12.6. The van der Waals surface area contributed by atoms with E-state index in [4.69, 9.17) is 11.6 Å². The molecule has 0 aliphatic carbocycles. The van der Waals surface area contributed by atoms with Gasteiger partial charge in [-0.25, -0.2) is 8.42 Å². The average Bonchev–Trinajstić information content (AvgIpc) is 2.70. The van der Waals surface area contributed by atoms with Crippen LogP contribution in [0.5, 0.6) is 0 Å². The Hall–Kier alpha value is -3.36. The van der Waals surface area contributed by atoms with Crippen LogP contribution in [0.15, 0.2) is 72.8 Å². The number of hydrogen-bond donors (Lipinski definition) is 3. The number of carbonyl (C=O) groups excluding carboxylic acids is 2. The molecule has 31 heavy (non-hydrogen) atoms. The third kappa shape index (κ3) is 6.56. The van der Waals surface area contributed by atoms with Crippen molar-refractivity contribution in [1.82, 2.24) is 0 Å². The van der Waals surface area contributed by atoms with E-state index in [1.54, 1.807) is 54.6 Å². The smallest absolute Gasteiger partial charge is 0.255 e. The molecule has 0 aliphatic rings. The van der Waals surface area contributed by atoms with Gasteiger partial charge in [0.1, 0.15) is 0 Å². The highest BCUT2D eigenvalue weighted by Crippen LogP contribution is 2.26. The fraction of sp³-hybridized carbons (Fsp3) is 0.0909. The molecule has 0 saturated carbocycles. The molecule has 3 N–H and O–H groups in total. The summed E-state index contributed by atoms with van der Waals surface area (Å²) in [7, 11) is -3.64. The Morgan fingerprint density at radius 1 is 0.871 bits per heavy atom. The summed E-state index contributed by atoms with van der Waals surface area (Å²) in [6, 6.07) is 19.7. The van der Waals surface area contributed by atoms with E-state index in [1.807, 2.05) is 6.07 Å². The number of anilines is 3. The van der Waals surface area contributed by atoms with Crippen LogP contribution >= 0.6 is 11.6 Å². The van der Waals surface area contributed by atoms with Gasteiger partial charge in [0.05, 0.1) is 16.5 Å². The molecule has 0 unspecified atom stereocenters. The van der Waals surface area contributed by atoms with Crippen LogP contribution < -0.4 is 15.4 Å². The van der Waals surface area contributed by atoms with E-state index in [0.29, 0.717) is 16.9 Å². The second-order valence-corrected chi connectivity index (χ2v) is 8.89. The Morgan fingerprint density at radius 2 is 1.61 bits per heavy atom. The lowest BCUT2D eigenvalue weighted by Gasteiger charge is -2.11. The molecule has 3 aromatic carbocycles. The van der Waals surface area contributed by atoms with Gasteiger partial charge in [-0.1, -0.05) is 48.0 Å². The lowest BCUT2D eigenvalue weighted by molar-refractivity contribution is -0.114. The summed E-state index contributed by atoms with van der Waals surface area (Å²) >= 11 is 6.12. The van der Waals surface area contributed by atoms with Crippen LogP contribution in [-0.4, -0.2) is 20.2 Å². The first kappa shape index (κ1) is 22.3. The zero-order valence-electron chi connectivity index (χ0n) is 16.6. The Morgan fingerprint density at radius 3 is 2.29 bits per heavy atom. The lowest BCUT2D eigenvalue weighted by atomic mass is 10.2. The largest absolute Gasteiger partial charge is 0.325 e. The number of rotatable bonds is 7. The Labute approximate surface area is 185 Å². The summed E-state index contributed by atoms with van der Waals surface area (Å²) in [6.07, 6.45) is 0. The van der Waals surface area contributed by atoms with Crippen LogP contribution in [-0.2, 0) is 20.6 Å². The van der Waals surface area contributed by atoms with Gasteiger partial charge in [-0.05, 0) is 42.0 Å². The number of sulfonamides is 1. The minimum Gasteiger partial charge on any atom is -0.325 e. The van der Waals surface area contributed by atoms with Crippen LogP contribution in [0, 0.1) is 0 Å². The zero-order chi connectivity index (χ0) is 22.4. The number of benzene rings is 3. The molecule has 7 nitrogen and oxygen atoms in total. The van der Waals surface area contributed by atoms with E-state index in [9.17, 15) is 18.0 Å². The molecule has 0 atom stereocenters. The molecule has 3 rings (SSSR count). The third-order valence-electron chi connectivity index (χ3n) is 4.14. The predicted octanol–water partition coefficient (Wildman–Crippen LogP) is 4.49. The summed E-state index contributed by atoms with van der Waals surface area (Å²) < 4.78 is 27.4. The van der Waals surface area contributed by atoms with E-state index in [2.05, 4.69) is 15.4 Å². The summed E-state index contributed by atoms with van der Waals surface area (Å²) in [5.41, 5.74) is 2.06. The van der Waals surface area contributed by atoms with E-state index in [0.717, 1.165) is 0 Å². The maximum atomic E-state index is 12.6. The molecule has 0 saturated heterocycles. The topological polar surface area (TPSA) is 104 Å². The van der Waals surface area contributed by atoms with Crippen molar-refractivity contribution in [1.29, 1.82) is 0 Å². The van der Waals surface area contributed by atoms with Gasteiger partial charge in [0.25, 0.3) is 5.91 Å². The molecule has 0 fully saturated rings. The average molecular weight is 458 g/mol. The van der Waals surface area contributed by atoms with Crippen LogP contribution in [0.1, 0.15) is 22.8 Å². The molecule has 0 aliphatic heterocycles. The highest BCUT2D eigenvalue weighted by Gasteiger charge is 2.14. The molecular formula is C22H20ClN3O4S. The van der Waals surface area contributed by atoms with Crippen molar-refractivity contribution in [3.05, 3.63) is 88.9 Å². The zero-order valence-corrected chi connectivity index (χ0v) is 18.1. The quantitative estimate of drug-likeness (QED) is 0.486. The second-order valence-electron chi connectivity index (χ2n) is 6.76. The molecule has 2 amide bonds. The molecule has 0 spiro atoms. The van der Waals surface area contributed by atoms with Crippen molar-refractivity contribution < 1.29 is 18.0 Å². The summed E-state index contributed by atoms with van der Waals surface area (Å²) in [5, 5.41) is 5.55. The Balaban J connectivity index is 1.70. The highest BCUT2D eigenvalue weighted by molar-refractivity contribution is 7.91. The maximum Gasteiger partial charge on any atom is 0.255 e. The number of hydrogen-bond acceptors (Lipinski definition) is 4. The fourth-order valence-electron chi connectivity index (χ4n) is 2.82. The lowest BCUT2D eigenvalue weighted by Crippen LogP contribution is -2.16. The van der Waals surface area contributed by atoms with Gasteiger partial charge >= 0.3 is 0 Å². The van der Waals surface area contributed by atoms with E-state index < -0.39 is 15.9 Å². The normalized spacial score (nSPS) is 10.9. The van der Waals surface area contributed by atoms with Crippen molar-refractivity contribution in [3.63, 3.8) is 0 Å². The molecular weight excluding hydrogens is 438 g/mol. The highest BCUT2D eigenvalue weighted by atomic mass is 35.5. The van der Waals surface area contributed by atoms with Crippen molar-refractivity contribution in [2.24, 2.45) is 0 Å². The van der Waals surface area contributed by atoms with Gasteiger partial charge in [0, 0.05) is 23.9 Å². The van der Waals surface area contributed by atoms with Gasteiger partial charge in [0.15, 0.2) is 0 Å². The van der Waals surface area contributed by atoms with Crippen molar-refractivity contribution in [3.8, 4) is 0 Å². The second kappa shape index (κ2) is 9.63. The van der Waals surface area contributed by atoms with Crippen molar-refractivity contribution >= 4 is 50.5 Å². The number of carbonyl (C=O) groups is 2. The van der Waals surface area contributed by atoms with Crippen LogP contribution in [0.3, 0.4) is 0 Å². The molecule has 0 aromatic heterocycles. The minimum absolute atomic E-state index is 0.177. The first-order chi connectivity index (χ1) is 14.7. The number of nitrogens with one attached hydrogen (secondary N) is 3. The standard InChI is InChI=1S/C22H20ClN3O4S/c1-15(27)24-21-11-10-18(13-20(21)23)25-22(28)17-8-5-9-19(12-17)26-31(29,30)14-16-6-3-2-4-7-16/h2-13,26H,14H2,1H3,(H,24,27)(H,25,28). The minimum atomic E-state index is -3.64. The van der Waals surface area contributed by atoms with Gasteiger partial charge in [0.2, 0.25) is 15.9 Å². The summed E-state index contributed by atoms with van der Waals surface area (Å²) in [4.78, 5) is 23.8. The number of halogens is 1. The molecule has 0 bridgehead atoms. The Kier molecular flexibility index (Phi) is 6.94. The van der Waals surface area contributed by atoms with Gasteiger partial charge < -0.3 is 10.6 Å². The van der Waals surface area contributed by atoms with E-state index in [1.165, 1.54) is 19.1 Å². The molecule has 9 heteroatoms. The summed E-state index contributed by atoms with van der Waals surface area (Å²) in [6.45, 7) is 1.37. The van der Waals surface area contributed by atoms with Crippen molar-refractivity contribution in [2.75, 3.05) is 15.4 Å². The van der Waals surface area contributed by atoms with Crippen molar-refractivity contribution in [2.45, 2.75) is 12.7 Å². The Bertz CT molecular complexity index is 1210. The predicted molar refractivity (Wildman–Crippen MR) is 123 cm³/mol. The third-order valence-corrected chi connectivity index (χ3v) is 5.71. The van der Waals surface area contributed by atoms with E-state index >= 15 is 0 Å². The van der Waals surface area contributed by atoms with Crippen LogP contribution in [0.25, 0.3) is 0 Å². The molecule has 160 valence electrons. The first-order valence-corrected chi connectivity index (χ1v) is 11.3. The van der Waals surface area contributed by atoms with Crippen LogP contribution in [0.4, 0.5) is 17.1 Å². The molecule has 3 aromatic rings. The molecule has 0 heterocycles. The van der Waals surface area contributed by atoms with Gasteiger partial charge in [-0.2, -0.15) is 0 Å². The SMILES string of the molecule is CC(=O)Nc1ccc(NC(=O)c2cccc(NS(=O)(=O)Cc3ccccc3)c2)cc1Cl.